The van der Waals surface area contributed by atoms with Crippen LogP contribution in [0.4, 0.5) is 5.69 Å². The van der Waals surface area contributed by atoms with Crippen molar-refractivity contribution in [1.29, 1.82) is 0 Å². The monoisotopic (exact) mass is 453 g/mol. The normalized spacial score (nSPS) is 10.9. The van der Waals surface area contributed by atoms with Crippen molar-refractivity contribution in [2.24, 2.45) is 0 Å². The van der Waals surface area contributed by atoms with Gasteiger partial charge >= 0.3 is 0 Å². The molecule has 2 heterocycles. The van der Waals surface area contributed by atoms with Gasteiger partial charge in [-0.2, -0.15) is 5.10 Å². The second-order valence-corrected chi connectivity index (χ2v) is 7.72. The van der Waals surface area contributed by atoms with E-state index >= 15 is 0 Å². The van der Waals surface area contributed by atoms with Gasteiger partial charge < -0.3 is 19.2 Å². The van der Waals surface area contributed by atoms with E-state index in [1.807, 2.05) is 42.5 Å². The first-order chi connectivity index (χ1) is 16.7. The van der Waals surface area contributed by atoms with E-state index in [1.165, 1.54) is 10.8 Å². The van der Waals surface area contributed by atoms with Gasteiger partial charge in [0, 0.05) is 6.20 Å². The van der Waals surface area contributed by atoms with E-state index < -0.39 is 0 Å². The lowest BCUT2D eigenvalue weighted by atomic mass is 10.0. The number of methoxy groups -OCH3 is 1. The number of anilines is 1. The molecule has 0 atom stereocenters. The van der Waals surface area contributed by atoms with E-state index in [-0.39, 0.29) is 18.3 Å². The van der Waals surface area contributed by atoms with Gasteiger partial charge in [-0.3, -0.25) is 9.48 Å². The highest BCUT2D eigenvalue weighted by Crippen LogP contribution is 2.27. The summed E-state index contributed by atoms with van der Waals surface area (Å²) in [6.07, 6.45) is 3.42. The Morgan fingerprint density at radius 3 is 2.65 bits per heavy atom. The second kappa shape index (κ2) is 9.54. The molecule has 0 aliphatic rings. The van der Waals surface area contributed by atoms with Crippen molar-refractivity contribution in [3.8, 4) is 11.5 Å². The fourth-order valence-electron chi connectivity index (χ4n) is 3.78. The van der Waals surface area contributed by atoms with Crippen molar-refractivity contribution in [2.45, 2.75) is 13.2 Å². The van der Waals surface area contributed by atoms with Gasteiger partial charge in [-0.15, -0.1) is 0 Å². The lowest BCUT2D eigenvalue weighted by molar-refractivity contribution is 0.0992. The van der Waals surface area contributed by atoms with Crippen LogP contribution in [0.2, 0.25) is 0 Å². The first-order valence-electron chi connectivity index (χ1n) is 10.8. The number of ether oxygens (including phenoxy) is 2. The van der Waals surface area contributed by atoms with Crippen LogP contribution in [-0.2, 0) is 13.2 Å². The summed E-state index contributed by atoms with van der Waals surface area (Å²) in [5.74, 6) is 1.61. The zero-order valence-corrected chi connectivity index (χ0v) is 18.6. The smallest absolute Gasteiger partial charge is 0.291 e. The number of para-hydroxylation sites is 2. The average molecular weight is 453 g/mol. The number of nitrogens with zero attached hydrogens (tertiary/aromatic N) is 2. The van der Waals surface area contributed by atoms with Crippen molar-refractivity contribution in [3.05, 3.63) is 108 Å². The minimum atomic E-state index is -0.353. The molecule has 1 N–H and O–H groups in total. The summed E-state index contributed by atoms with van der Waals surface area (Å²) in [6.45, 7) is 0.777. The minimum Gasteiger partial charge on any atom is -0.493 e. The van der Waals surface area contributed by atoms with Crippen molar-refractivity contribution in [2.75, 3.05) is 12.4 Å². The van der Waals surface area contributed by atoms with Crippen LogP contribution in [0.3, 0.4) is 0 Å². The molecular weight excluding hydrogens is 430 g/mol. The number of amides is 1. The van der Waals surface area contributed by atoms with Crippen LogP contribution < -0.4 is 14.8 Å². The van der Waals surface area contributed by atoms with E-state index in [4.69, 9.17) is 13.9 Å². The van der Waals surface area contributed by atoms with Crippen molar-refractivity contribution < 1.29 is 18.7 Å². The highest BCUT2D eigenvalue weighted by molar-refractivity contribution is 6.02. The first-order valence-corrected chi connectivity index (χ1v) is 10.8. The molecular formula is C27H23N3O4. The topological polar surface area (TPSA) is 78.5 Å². The molecule has 3 aromatic carbocycles. The SMILES string of the molecule is COc1ccccc1OCc1ccc(C(=O)Nc2cnn(Cc3cccc4ccccc34)c2)o1. The number of benzene rings is 3. The summed E-state index contributed by atoms with van der Waals surface area (Å²) >= 11 is 0. The molecule has 0 saturated carbocycles. The van der Waals surface area contributed by atoms with E-state index in [0.29, 0.717) is 29.5 Å². The van der Waals surface area contributed by atoms with E-state index in [9.17, 15) is 4.79 Å². The molecule has 0 spiro atoms. The van der Waals surface area contributed by atoms with Crippen molar-refractivity contribution >= 4 is 22.4 Å². The number of hydrogen-bond acceptors (Lipinski definition) is 5. The standard InChI is InChI=1S/C27H23N3O4/c1-32-24-11-4-5-12-25(24)33-18-22-13-14-26(34-22)27(31)29-21-15-28-30(17-21)16-20-9-6-8-19-7-2-3-10-23(19)20/h2-15,17H,16,18H2,1H3,(H,29,31). The molecule has 0 saturated heterocycles. The molecule has 0 bridgehead atoms. The molecule has 7 nitrogen and oxygen atoms in total. The summed E-state index contributed by atoms with van der Waals surface area (Å²) in [6, 6.07) is 25.1. The van der Waals surface area contributed by atoms with Crippen LogP contribution in [0.1, 0.15) is 21.9 Å². The number of carbonyl (C=O) groups excluding carboxylic acids is 1. The molecule has 7 heteroatoms. The Kier molecular flexibility index (Phi) is 5.99. The van der Waals surface area contributed by atoms with Crippen LogP contribution in [0, 0.1) is 0 Å². The number of fused-ring (bicyclic) bond motifs is 1. The summed E-state index contributed by atoms with van der Waals surface area (Å²) < 4.78 is 18.5. The van der Waals surface area contributed by atoms with Crippen LogP contribution in [0.5, 0.6) is 11.5 Å². The molecule has 0 aliphatic heterocycles. The van der Waals surface area contributed by atoms with Crippen LogP contribution in [0.25, 0.3) is 10.8 Å². The zero-order chi connectivity index (χ0) is 23.3. The molecule has 0 unspecified atom stereocenters. The highest BCUT2D eigenvalue weighted by atomic mass is 16.5. The first kappa shape index (κ1) is 21.3. The lowest BCUT2D eigenvalue weighted by Gasteiger charge is -2.08. The van der Waals surface area contributed by atoms with E-state index in [0.717, 1.165) is 5.56 Å². The second-order valence-electron chi connectivity index (χ2n) is 7.72. The maximum atomic E-state index is 12.6. The predicted octanol–water partition coefficient (Wildman–Crippen LogP) is 5.52. The van der Waals surface area contributed by atoms with Crippen LogP contribution in [0.15, 0.2) is 95.7 Å². The Morgan fingerprint density at radius 1 is 0.971 bits per heavy atom. The Bertz CT molecular complexity index is 1430. The van der Waals surface area contributed by atoms with Gasteiger partial charge in [0.2, 0.25) is 0 Å². The summed E-state index contributed by atoms with van der Waals surface area (Å²) in [7, 11) is 1.59. The molecule has 0 aliphatic carbocycles. The molecule has 5 rings (SSSR count). The summed E-state index contributed by atoms with van der Waals surface area (Å²) in [4.78, 5) is 12.6. The predicted molar refractivity (Wildman–Crippen MR) is 129 cm³/mol. The minimum absolute atomic E-state index is 0.177. The van der Waals surface area contributed by atoms with Gasteiger partial charge in [0.05, 0.1) is 25.5 Å². The molecule has 0 radical (unpaired) electrons. The molecule has 34 heavy (non-hydrogen) atoms. The van der Waals surface area contributed by atoms with E-state index in [2.05, 4.69) is 34.7 Å². The number of rotatable bonds is 8. The Balaban J connectivity index is 1.21. The number of carbonyl (C=O) groups is 1. The Hall–Kier alpha value is -4.52. The largest absolute Gasteiger partial charge is 0.493 e. The van der Waals surface area contributed by atoms with Crippen molar-refractivity contribution in [3.63, 3.8) is 0 Å². The summed E-state index contributed by atoms with van der Waals surface area (Å²) in [5, 5.41) is 9.59. The molecule has 0 fully saturated rings. The lowest BCUT2D eigenvalue weighted by Crippen LogP contribution is -2.10. The van der Waals surface area contributed by atoms with Gasteiger partial charge in [0.1, 0.15) is 12.4 Å². The molecule has 1 amide bonds. The Labute approximate surface area is 196 Å². The summed E-state index contributed by atoms with van der Waals surface area (Å²) in [5.41, 5.74) is 1.75. The maximum Gasteiger partial charge on any atom is 0.291 e. The molecule has 2 aromatic heterocycles. The van der Waals surface area contributed by atoms with Gasteiger partial charge in [0.25, 0.3) is 5.91 Å². The van der Waals surface area contributed by atoms with Crippen molar-refractivity contribution in [1.82, 2.24) is 9.78 Å². The highest BCUT2D eigenvalue weighted by Gasteiger charge is 2.14. The van der Waals surface area contributed by atoms with Gasteiger partial charge in [-0.25, -0.2) is 0 Å². The average Bonchev–Trinajstić information content (AvgIpc) is 3.53. The maximum absolute atomic E-state index is 12.6. The third-order valence-corrected chi connectivity index (χ3v) is 5.43. The molecule has 170 valence electrons. The number of hydrogen-bond donors (Lipinski definition) is 1. The van der Waals surface area contributed by atoms with Gasteiger partial charge in [0.15, 0.2) is 17.3 Å². The van der Waals surface area contributed by atoms with Crippen LogP contribution >= 0.6 is 0 Å². The van der Waals surface area contributed by atoms with Gasteiger partial charge in [-0.05, 0) is 40.6 Å². The Morgan fingerprint density at radius 2 is 1.76 bits per heavy atom. The number of furan rings is 1. The van der Waals surface area contributed by atoms with Crippen LogP contribution in [-0.4, -0.2) is 22.8 Å². The van der Waals surface area contributed by atoms with Gasteiger partial charge in [-0.1, -0.05) is 54.6 Å². The fraction of sp³-hybridized carbons (Fsp3) is 0.111. The van der Waals surface area contributed by atoms with E-state index in [1.54, 1.807) is 36.3 Å². The number of nitrogens with one attached hydrogen (secondary N) is 1. The molecule has 5 aromatic rings. The third-order valence-electron chi connectivity index (χ3n) is 5.43. The fourth-order valence-corrected chi connectivity index (χ4v) is 3.78. The number of aromatic nitrogens is 2. The quantitative estimate of drug-likeness (QED) is 0.335. The third kappa shape index (κ3) is 4.63. The zero-order valence-electron chi connectivity index (χ0n) is 18.6.